The molecule has 0 saturated carbocycles. The molecule has 0 aliphatic rings. The lowest BCUT2D eigenvalue weighted by Gasteiger charge is -2.05. The molecule has 15 heavy (non-hydrogen) atoms. The van der Waals surface area contributed by atoms with Gasteiger partial charge in [-0.15, -0.1) is 11.8 Å². The summed E-state index contributed by atoms with van der Waals surface area (Å²) in [6.45, 7) is 2.30. The molecule has 0 spiro atoms. The number of benzene rings is 1. The minimum Gasteiger partial charge on any atom is -0.491 e. The van der Waals surface area contributed by atoms with E-state index in [0.29, 0.717) is 24.3 Å². The average Bonchev–Trinajstić information content (AvgIpc) is 2.26. The van der Waals surface area contributed by atoms with Crippen molar-refractivity contribution >= 4 is 15.9 Å². The van der Waals surface area contributed by atoms with E-state index in [1.54, 1.807) is 19.1 Å². The Labute approximate surface area is 98.0 Å². The van der Waals surface area contributed by atoms with E-state index in [1.165, 1.54) is 0 Å². The average molecular weight is 264 g/mol. The first kappa shape index (κ1) is 11.6. The Morgan fingerprint density at radius 2 is 2.27 bits per heavy atom. The van der Waals surface area contributed by atoms with Crippen LogP contribution in [0.2, 0.25) is 0 Å². The van der Waals surface area contributed by atoms with Crippen molar-refractivity contribution in [2.45, 2.75) is 13.3 Å². The highest BCUT2D eigenvalue weighted by Crippen LogP contribution is 2.22. The van der Waals surface area contributed by atoms with Crippen LogP contribution in [-0.2, 0) is 0 Å². The van der Waals surface area contributed by atoms with Crippen LogP contribution in [0.3, 0.4) is 0 Å². The number of halogens is 1. The second-order valence-electron chi connectivity index (χ2n) is 2.78. The molecular formula is C12H10BrNO. The molecule has 0 fully saturated rings. The molecule has 2 nitrogen and oxygen atoms in total. The molecule has 0 N–H and O–H groups in total. The number of hydrogen-bond acceptors (Lipinski definition) is 2. The Morgan fingerprint density at radius 3 is 2.93 bits per heavy atom. The second kappa shape index (κ2) is 6.11. The molecular weight excluding hydrogens is 254 g/mol. The summed E-state index contributed by atoms with van der Waals surface area (Å²) >= 11 is 3.30. The van der Waals surface area contributed by atoms with E-state index < -0.39 is 0 Å². The van der Waals surface area contributed by atoms with Crippen molar-refractivity contribution < 1.29 is 4.74 Å². The van der Waals surface area contributed by atoms with Gasteiger partial charge in [-0.3, -0.25) is 0 Å². The summed E-state index contributed by atoms with van der Waals surface area (Å²) in [4.78, 5) is 0. The zero-order chi connectivity index (χ0) is 11.1. The van der Waals surface area contributed by atoms with Crippen molar-refractivity contribution in [1.29, 1.82) is 5.26 Å². The molecule has 0 radical (unpaired) electrons. The predicted molar refractivity (Wildman–Crippen MR) is 62.4 cm³/mol. The number of rotatable bonds is 3. The third-order valence-corrected chi connectivity index (χ3v) is 2.22. The van der Waals surface area contributed by atoms with Crippen LogP contribution < -0.4 is 4.74 Å². The van der Waals surface area contributed by atoms with Gasteiger partial charge < -0.3 is 4.74 Å². The lowest BCUT2D eigenvalue weighted by Crippen LogP contribution is -1.97. The fourth-order valence-electron chi connectivity index (χ4n) is 1.05. The van der Waals surface area contributed by atoms with Crippen molar-refractivity contribution in [2.24, 2.45) is 0 Å². The van der Waals surface area contributed by atoms with Gasteiger partial charge in [0, 0.05) is 10.9 Å². The number of nitrogens with zero attached hydrogens (tertiary/aromatic N) is 1. The van der Waals surface area contributed by atoms with Crippen molar-refractivity contribution in [3.63, 3.8) is 0 Å². The maximum Gasteiger partial charge on any atom is 0.137 e. The summed E-state index contributed by atoms with van der Waals surface area (Å²) < 4.78 is 6.31. The Kier molecular flexibility index (Phi) is 4.74. The maximum atomic E-state index is 8.87. The van der Waals surface area contributed by atoms with Gasteiger partial charge in [0.2, 0.25) is 0 Å². The first-order chi connectivity index (χ1) is 7.27. The smallest absolute Gasteiger partial charge is 0.137 e. The Bertz CT molecular complexity index is 437. The molecule has 0 aliphatic carbocycles. The molecule has 0 saturated heterocycles. The number of ether oxygens (including phenoxy) is 1. The third kappa shape index (κ3) is 3.65. The third-order valence-electron chi connectivity index (χ3n) is 1.72. The summed E-state index contributed by atoms with van der Waals surface area (Å²) in [5, 5.41) is 8.87. The Morgan fingerprint density at radius 1 is 1.47 bits per heavy atom. The van der Waals surface area contributed by atoms with Gasteiger partial charge in [0.25, 0.3) is 0 Å². The van der Waals surface area contributed by atoms with Gasteiger partial charge in [0.15, 0.2) is 0 Å². The lowest BCUT2D eigenvalue weighted by atomic mass is 10.2. The molecule has 0 aromatic heterocycles. The fraction of sp³-hybridized carbons (Fsp3) is 0.250. The topological polar surface area (TPSA) is 33.0 Å². The van der Waals surface area contributed by atoms with Crippen LogP contribution in [-0.4, -0.2) is 6.61 Å². The molecule has 0 atom stereocenters. The molecule has 3 heteroatoms. The van der Waals surface area contributed by atoms with Crippen molar-refractivity contribution in [3.8, 4) is 23.7 Å². The summed E-state index contributed by atoms with van der Waals surface area (Å²) in [6, 6.07) is 7.45. The fourth-order valence-corrected chi connectivity index (χ4v) is 1.41. The minimum absolute atomic E-state index is 0.511. The van der Waals surface area contributed by atoms with Crippen LogP contribution in [0.25, 0.3) is 0 Å². The molecule has 1 aromatic carbocycles. The van der Waals surface area contributed by atoms with Gasteiger partial charge in [-0.2, -0.15) is 5.26 Å². The van der Waals surface area contributed by atoms with Crippen LogP contribution in [0.1, 0.15) is 18.9 Å². The standard InChI is InChI=1S/C12H10BrNO/c1-2-3-4-7-15-12-6-5-11(13)8-10(12)9-14/h5-6,8H,4,7H2,1H3. The number of nitriles is 1. The quantitative estimate of drug-likeness (QED) is 0.620. The molecule has 0 heterocycles. The molecule has 1 aromatic rings. The lowest BCUT2D eigenvalue weighted by molar-refractivity contribution is 0.326. The van der Waals surface area contributed by atoms with E-state index >= 15 is 0 Å². The van der Waals surface area contributed by atoms with E-state index in [-0.39, 0.29) is 0 Å². The van der Waals surface area contributed by atoms with Crippen LogP contribution in [0.5, 0.6) is 5.75 Å². The first-order valence-electron chi connectivity index (χ1n) is 4.50. The zero-order valence-corrected chi connectivity index (χ0v) is 9.97. The highest BCUT2D eigenvalue weighted by molar-refractivity contribution is 9.10. The monoisotopic (exact) mass is 263 g/mol. The predicted octanol–water partition coefficient (Wildman–Crippen LogP) is 3.11. The van der Waals surface area contributed by atoms with Crippen molar-refractivity contribution in [3.05, 3.63) is 28.2 Å². The maximum absolute atomic E-state index is 8.87. The largest absolute Gasteiger partial charge is 0.491 e. The highest BCUT2D eigenvalue weighted by Gasteiger charge is 2.02. The van der Waals surface area contributed by atoms with Crippen molar-refractivity contribution in [2.75, 3.05) is 6.61 Å². The molecule has 0 bridgehead atoms. The van der Waals surface area contributed by atoms with Gasteiger partial charge in [0.05, 0.1) is 12.2 Å². The molecule has 1 rings (SSSR count). The zero-order valence-electron chi connectivity index (χ0n) is 8.38. The Hall–Kier alpha value is -1.45. The molecule has 0 unspecified atom stereocenters. The van der Waals surface area contributed by atoms with E-state index in [0.717, 1.165) is 4.47 Å². The summed E-state index contributed by atoms with van der Waals surface area (Å²) in [5.74, 6) is 6.30. The van der Waals surface area contributed by atoms with E-state index in [4.69, 9.17) is 10.00 Å². The van der Waals surface area contributed by atoms with Gasteiger partial charge >= 0.3 is 0 Å². The first-order valence-corrected chi connectivity index (χ1v) is 5.29. The summed E-state index contributed by atoms with van der Waals surface area (Å²) in [6.07, 6.45) is 0.678. The van der Waals surface area contributed by atoms with Crippen LogP contribution in [0, 0.1) is 23.2 Å². The van der Waals surface area contributed by atoms with Gasteiger partial charge in [-0.05, 0) is 25.1 Å². The van der Waals surface area contributed by atoms with Crippen LogP contribution in [0.15, 0.2) is 22.7 Å². The highest BCUT2D eigenvalue weighted by atomic mass is 79.9. The molecule has 76 valence electrons. The summed E-state index contributed by atoms with van der Waals surface area (Å²) in [7, 11) is 0. The molecule has 0 amide bonds. The van der Waals surface area contributed by atoms with Gasteiger partial charge in [-0.25, -0.2) is 0 Å². The molecule has 0 aliphatic heterocycles. The van der Waals surface area contributed by atoms with E-state index in [2.05, 4.69) is 33.8 Å². The van der Waals surface area contributed by atoms with Gasteiger partial charge in [0.1, 0.15) is 11.8 Å². The normalized spacial score (nSPS) is 8.60. The van der Waals surface area contributed by atoms with Crippen molar-refractivity contribution in [1.82, 2.24) is 0 Å². The van der Waals surface area contributed by atoms with Gasteiger partial charge in [-0.1, -0.05) is 15.9 Å². The number of hydrogen-bond donors (Lipinski definition) is 0. The van der Waals surface area contributed by atoms with E-state index in [9.17, 15) is 0 Å². The van der Waals surface area contributed by atoms with E-state index in [1.807, 2.05) is 6.07 Å². The van der Waals surface area contributed by atoms with Crippen LogP contribution in [0.4, 0.5) is 0 Å². The summed E-state index contributed by atoms with van der Waals surface area (Å²) in [5.41, 5.74) is 0.536. The second-order valence-corrected chi connectivity index (χ2v) is 3.69. The minimum atomic E-state index is 0.511. The Balaban J connectivity index is 2.67. The van der Waals surface area contributed by atoms with Crippen LogP contribution >= 0.6 is 15.9 Å². The SMILES string of the molecule is CC#CCCOc1ccc(Br)cc1C#N.